The number of thiocarbonyl (C=S) groups is 1. The van der Waals surface area contributed by atoms with Gasteiger partial charge in [0.05, 0.1) is 22.8 Å². The fourth-order valence-corrected chi connectivity index (χ4v) is 3.68. The van der Waals surface area contributed by atoms with Gasteiger partial charge in [-0.25, -0.2) is 4.98 Å². The number of carbonyl (C=O) groups is 1. The molecule has 0 saturated heterocycles. The summed E-state index contributed by atoms with van der Waals surface area (Å²) in [6.07, 6.45) is 0. The van der Waals surface area contributed by atoms with Gasteiger partial charge in [-0.2, -0.15) is 0 Å². The molecule has 4 rings (SSSR count). The number of anilines is 1. The Morgan fingerprint density at radius 2 is 1.88 bits per heavy atom. The predicted octanol–water partition coefficient (Wildman–Crippen LogP) is 6.25. The van der Waals surface area contributed by atoms with Crippen LogP contribution in [0.25, 0.3) is 22.6 Å². The number of halogens is 2. The molecule has 0 spiro atoms. The molecular weight excluding hydrogens is 469 g/mol. The zero-order valence-corrected chi connectivity index (χ0v) is 19.4. The summed E-state index contributed by atoms with van der Waals surface area (Å²) >= 11 is 17.7. The molecule has 0 aliphatic rings. The molecule has 1 heterocycles. The fourth-order valence-electron chi connectivity index (χ4n) is 3.05. The van der Waals surface area contributed by atoms with E-state index in [1.807, 2.05) is 25.1 Å². The molecule has 0 fully saturated rings. The van der Waals surface area contributed by atoms with E-state index in [0.29, 0.717) is 44.1 Å². The molecule has 4 aromatic rings. The second kappa shape index (κ2) is 9.16. The van der Waals surface area contributed by atoms with Crippen molar-refractivity contribution in [2.24, 2.45) is 0 Å². The standard InChI is InChI=1S/C23H17Cl2N3O3S/c1-12-3-7-20-18(9-12)26-22(31-20)14-4-6-15(24)17(11-14)27-23(32)28-21(29)13-5-8-19(30-2)16(25)10-13/h3-11H,1-2H3,(H2,27,28,29,32). The normalized spacial score (nSPS) is 10.8. The lowest BCUT2D eigenvalue weighted by Gasteiger charge is -2.12. The van der Waals surface area contributed by atoms with Crippen LogP contribution in [-0.4, -0.2) is 23.1 Å². The van der Waals surface area contributed by atoms with Gasteiger partial charge in [-0.05, 0) is 73.2 Å². The van der Waals surface area contributed by atoms with E-state index >= 15 is 0 Å². The number of aryl methyl sites for hydroxylation is 1. The van der Waals surface area contributed by atoms with Crippen molar-refractivity contribution in [2.75, 3.05) is 12.4 Å². The Bertz CT molecular complexity index is 1350. The largest absolute Gasteiger partial charge is 0.495 e. The highest BCUT2D eigenvalue weighted by molar-refractivity contribution is 7.80. The van der Waals surface area contributed by atoms with Gasteiger partial charge in [-0.15, -0.1) is 0 Å². The number of rotatable bonds is 4. The Labute approximate surface area is 199 Å². The SMILES string of the molecule is COc1ccc(C(=O)NC(=S)Nc2cc(-c3nc4cc(C)ccc4o3)ccc2Cl)cc1Cl. The summed E-state index contributed by atoms with van der Waals surface area (Å²) in [5, 5.41) is 6.37. The number of amides is 1. The molecule has 0 saturated carbocycles. The van der Waals surface area contributed by atoms with Crippen LogP contribution in [0.2, 0.25) is 10.0 Å². The van der Waals surface area contributed by atoms with Crippen molar-refractivity contribution < 1.29 is 13.9 Å². The van der Waals surface area contributed by atoms with Crippen LogP contribution in [-0.2, 0) is 0 Å². The zero-order valence-electron chi connectivity index (χ0n) is 17.0. The van der Waals surface area contributed by atoms with Crippen LogP contribution >= 0.6 is 35.4 Å². The Kier molecular flexibility index (Phi) is 6.32. The first kappa shape index (κ1) is 22.1. The third-order valence-electron chi connectivity index (χ3n) is 4.65. The van der Waals surface area contributed by atoms with Gasteiger partial charge in [0.25, 0.3) is 5.91 Å². The van der Waals surface area contributed by atoms with E-state index in [-0.39, 0.29) is 5.11 Å². The van der Waals surface area contributed by atoms with Crippen molar-refractivity contribution in [2.45, 2.75) is 6.92 Å². The summed E-state index contributed by atoms with van der Waals surface area (Å²) in [4.78, 5) is 17.0. The Balaban J connectivity index is 1.51. The number of hydrogen-bond acceptors (Lipinski definition) is 5. The van der Waals surface area contributed by atoms with Gasteiger partial charge in [0, 0.05) is 11.1 Å². The van der Waals surface area contributed by atoms with E-state index in [2.05, 4.69) is 15.6 Å². The molecule has 32 heavy (non-hydrogen) atoms. The molecule has 1 amide bonds. The Hall–Kier alpha value is -3.13. The maximum Gasteiger partial charge on any atom is 0.257 e. The number of hydrogen-bond donors (Lipinski definition) is 2. The molecular formula is C23H17Cl2N3O3S. The van der Waals surface area contributed by atoms with Crippen LogP contribution < -0.4 is 15.4 Å². The van der Waals surface area contributed by atoms with Gasteiger partial charge in [0.2, 0.25) is 5.89 Å². The average molecular weight is 486 g/mol. The van der Waals surface area contributed by atoms with Gasteiger partial charge in [0.1, 0.15) is 11.3 Å². The molecule has 0 atom stereocenters. The highest BCUT2D eigenvalue weighted by Crippen LogP contribution is 2.31. The van der Waals surface area contributed by atoms with Crippen molar-refractivity contribution in [3.8, 4) is 17.2 Å². The molecule has 162 valence electrons. The van der Waals surface area contributed by atoms with Gasteiger partial charge in [-0.3, -0.25) is 10.1 Å². The van der Waals surface area contributed by atoms with Gasteiger partial charge < -0.3 is 14.5 Å². The third kappa shape index (κ3) is 4.70. The van der Waals surface area contributed by atoms with Crippen molar-refractivity contribution in [3.05, 3.63) is 75.8 Å². The van der Waals surface area contributed by atoms with E-state index in [4.69, 9.17) is 44.6 Å². The molecule has 1 aromatic heterocycles. The van der Waals surface area contributed by atoms with Crippen molar-refractivity contribution >= 4 is 63.2 Å². The first-order valence-corrected chi connectivity index (χ1v) is 10.6. The zero-order chi connectivity index (χ0) is 22.8. The summed E-state index contributed by atoms with van der Waals surface area (Å²) in [6, 6.07) is 15.7. The van der Waals surface area contributed by atoms with Gasteiger partial charge >= 0.3 is 0 Å². The van der Waals surface area contributed by atoms with Crippen LogP contribution in [0.1, 0.15) is 15.9 Å². The van der Waals surface area contributed by atoms with Crippen molar-refractivity contribution in [1.29, 1.82) is 0 Å². The topological polar surface area (TPSA) is 76.4 Å². The Morgan fingerprint density at radius 1 is 1.06 bits per heavy atom. The third-order valence-corrected chi connectivity index (χ3v) is 5.47. The predicted molar refractivity (Wildman–Crippen MR) is 131 cm³/mol. The average Bonchev–Trinajstić information content (AvgIpc) is 3.18. The quantitative estimate of drug-likeness (QED) is 0.333. The van der Waals surface area contributed by atoms with Crippen LogP contribution in [0, 0.1) is 6.92 Å². The molecule has 3 aromatic carbocycles. The lowest BCUT2D eigenvalue weighted by atomic mass is 10.2. The van der Waals surface area contributed by atoms with E-state index in [0.717, 1.165) is 11.1 Å². The number of methoxy groups -OCH3 is 1. The monoisotopic (exact) mass is 485 g/mol. The number of nitrogens with one attached hydrogen (secondary N) is 2. The lowest BCUT2D eigenvalue weighted by molar-refractivity contribution is 0.0977. The van der Waals surface area contributed by atoms with E-state index < -0.39 is 5.91 Å². The van der Waals surface area contributed by atoms with Crippen molar-refractivity contribution in [3.63, 3.8) is 0 Å². The summed E-state index contributed by atoms with van der Waals surface area (Å²) in [5.74, 6) is 0.503. The van der Waals surface area contributed by atoms with Crippen molar-refractivity contribution in [1.82, 2.24) is 10.3 Å². The van der Waals surface area contributed by atoms with Gasteiger partial charge in [-0.1, -0.05) is 29.3 Å². The van der Waals surface area contributed by atoms with Crippen LogP contribution in [0.5, 0.6) is 5.75 Å². The summed E-state index contributed by atoms with van der Waals surface area (Å²) in [6.45, 7) is 1.99. The first-order valence-electron chi connectivity index (χ1n) is 9.47. The smallest absolute Gasteiger partial charge is 0.257 e. The number of oxazole rings is 1. The maximum absolute atomic E-state index is 12.5. The number of carbonyl (C=O) groups excluding carboxylic acids is 1. The van der Waals surface area contributed by atoms with Crippen LogP contribution in [0.4, 0.5) is 5.69 Å². The molecule has 0 unspecified atom stereocenters. The molecule has 0 aliphatic carbocycles. The van der Waals surface area contributed by atoms with E-state index in [1.165, 1.54) is 13.2 Å². The number of ether oxygens (including phenoxy) is 1. The maximum atomic E-state index is 12.5. The molecule has 0 radical (unpaired) electrons. The van der Waals surface area contributed by atoms with Crippen LogP contribution in [0.15, 0.2) is 59.0 Å². The summed E-state index contributed by atoms with van der Waals surface area (Å²) in [7, 11) is 1.50. The number of nitrogens with zero attached hydrogens (tertiary/aromatic N) is 1. The minimum Gasteiger partial charge on any atom is -0.495 e. The molecule has 6 nitrogen and oxygen atoms in total. The lowest BCUT2D eigenvalue weighted by Crippen LogP contribution is -2.34. The number of benzene rings is 3. The molecule has 0 bridgehead atoms. The number of aromatic nitrogens is 1. The van der Waals surface area contributed by atoms with Crippen LogP contribution in [0.3, 0.4) is 0 Å². The molecule has 9 heteroatoms. The first-order chi connectivity index (χ1) is 15.3. The second-order valence-corrected chi connectivity index (χ2v) is 8.17. The minimum absolute atomic E-state index is 0.0779. The highest BCUT2D eigenvalue weighted by Gasteiger charge is 2.14. The molecule has 0 aliphatic heterocycles. The number of fused-ring (bicyclic) bond motifs is 1. The minimum atomic E-state index is -0.423. The van der Waals surface area contributed by atoms with E-state index in [9.17, 15) is 4.79 Å². The highest BCUT2D eigenvalue weighted by atomic mass is 35.5. The fraction of sp³-hybridized carbons (Fsp3) is 0.0870. The van der Waals surface area contributed by atoms with E-state index in [1.54, 1.807) is 30.3 Å². The molecule has 2 N–H and O–H groups in total. The second-order valence-electron chi connectivity index (χ2n) is 6.94. The Morgan fingerprint density at radius 3 is 2.62 bits per heavy atom. The summed E-state index contributed by atoms with van der Waals surface area (Å²) < 4.78 is 11.0. The van der Waals surface area contributed by atoms with Gasteiger partial charge in [0.15, 0.2) is 10.7 Å². The summed E-state index contributed by atoms with van der Waals surface area (Å²) in [5.41, 5.74) is 4.10.